The molecule has 2 aliphatic heterocycles. The van der Waals surface area contributed by atoms with Crippen LogP contribution in [0.4, 0.5) is 16.3 Å². The van der Waals surface area contributed by atoms with Crippen LogP contribution in [-0.4, -0.2) is 40.4 Å². The molecule has 0 aliphatic carbocycles. The first-order valence-corrected chi connectivity index (χ1v) is 7.90. The number of aliphatic imine (C=N–C) groups is 1. The molecule has 2 unspecified atom stereocenters. The summed E-state index contributed by atoms with van der Waals surface area (Å²) in [5, 5.41) is 6.25. The van der Waals surface area contributed by atoms with Crippen molar-refractivity contribution in [2.75, 3.05) is 5.32 Å². The zero-order chi connectivity index (χ0) is 16.4. The van der Waals surface area contributed by atoms with Crippen LogP contribution in [0.2, 0.25) is 0 Å². The van der Waals surface area contributed by atoms with Crippen molar-refractivity contribution < 1.29 is 6.22 Å². The summed E-state index contributed by atoms with van der Waals surface area (Å²) in [6.45, 7) is 4.16. The Morgan fingerprint density at radius 3 is 2.87 bits per heavy atom. The number of anilines is 1. The van der Waals surface area contributed by atoms with Gasteiger partial charge in [0.1, 0.15) is 5.82 Å². The number of pyridine rings is 1. The molecule has 0 saturated carbocycles. The standard InChI is InChI=1S/C16H22N6O.H2/c1-10-5-12-7-13(6-10)22(12)16(23)21-15-8-14(11(2)9-19-15)18-3-4-20-17;/h3-4,8-10,12-13H,5-7,17H2,1-2H3,(H,19,21,23);1H/b18-3?,20-4-;. The molecule has 3 heterocycles. The van der Waals surface area contributed by atoms with E-state index in [1.165, 1.54) is 12.4 Å². The predicted octanol–water partition coefficient (Wildman–Crippen LogP) is 2.69. The van der Waals surface area contributed by atoms with E-state index >= 15 is 0 Å². The predicted molar refractivity (Wildman–Crippen MR) is 93.4 cm³/mol. The molecule has 0 spiro atoms. The average Bonchev–Trinajstić information content (AvgIpc) is 2.50. The second-order valence-corrected chi connectivity index (χ2v) is 6.39. The first kappa shape index (κ1) is 15.5. The number of aryl methyl sites for hydroxylation is 1. The van der Waals surface area contributed by atoms with Crippen LogP contribution >= 0.6 is 0 Å². The number of fused-ring (bicyclic) bond motifs is 2. The normalized spacial score (nSPS) is 26.5. The maximum Gasteiger partial charge on any atom is 0.323 e. The Bertz CT molecular complexity index is 650. The van der Waals surface area contributed by atoms with Crippen LogP contribution in [0.1, 0.15) is 33.2 Å². The van der Waals surface area contributed by atoms with E-state index in [4.69, 9.17) is 5.84 Å². The smallest absolute Gasteiger partial charge is 0.323 e. The molecule has 3 rings (SSSR count). The molecule has 2 fully saturated rings. The van der Waals surface area contributed by atoms with E-state index in [0.29, 0.717) is 23.8 Å². The minimum Gasteiger partial charge on any atom is -0.323 e. The molecule has 2 amide bonds. The fourth-order valence-electron chi connectivity index (χ4n) is 3.52. The summed E-state index contributed by atoms with van der Waals surface area (Å²) in [7, 11) is 0. The van der Waals surface area contributed by atoms with Crippen molar-refractivity contribution in [2.45, 2.75) is 45.2 Å². The molecule has 23 heavy (non-hydrogen) atoms. The molecule has 2 atom stereocenters. The highest BCUT2D eigenvalue weighted by Gasteiger charge is 2.46. The van der Waals surface area contributed by atoms with Gasteiger partial charge in [-0.15, -0.1) is 0 Å². The van der Waals surface area contributed by atoms with Crippen LogP contribution in [-0.2, 0) is 0 Å². The van der Waals surface area contributed by atoms with Gasteiger partial charge in [0.15, 0.2) is 0 Å². The number of nitrogens with one attached hydrogen (secondary N) is 1. The Balaban J connectivity index is 0.00000208. The van der Waals surface area contributed by atoms with E-state index in [0.717, 1.165) is 30.5 Å². The van der Waals surface area contributed by atoms with Gasteiger partial charge in [-0.05, 0) is 37.7 Å². The number of carbonyl (C=O) groups excluding carboxylic acids is 1. The number of hydrazone groups is 1. The van der Waals surface area contributed by atoms with Gasteiger partial charge >= 0.3 is 6.03 Å². The maximum absolute atomic E-state index is 12.5. The third-order valence-corrected chi connectivity index (χ3v) is 4.59. The van der Waals surface area contributed by atoms with E-state index in [2.05, 4.69) is 27.3 Å². The van der Waals surface area contributed by atoms with Crippen molar-refractivity contribution in [3.05, 3.63) is 17.8 Å². The fourth-order valence-corrected chi connectivity index (χ4v) is 3.52. The molecule has 1 aromatic heterocycles. The lowest BCUT2D eigenvalue weighted by molar-refractivity contribution is -0.00603. The van der Waals surface area contributed by atoms with Crippen LogP contribution in [0.15, 0.2) is 22.4 Å². The first-order valence-electron chi connectivity index (χ1n) is 7.90. The summed E-state index contributed by atoms with van der Waals surface area (Å²) in [5.41, 5.74) is 1.65. The number of nitrogens with zero attached hydrogens (tertiary/aromatic N) is 4. The van der Waals surface area contributed by atoms with Crippen molar-refractivity contribution in [2.24, 2.45) is 21.9 Å². The zero-order valence-corrected chi connectivity index (χ0v) is 13.4. The monoisotopic (exact) mass is 316 g/mol. The molecule has 7 heteroatoms. The molecule has 124 valence electrons. The van der Waals surface area contributed by atoms with E-state index in [-0.39, 0.29) is 7.46 Å². The van der Waals surface area contributed by atoms with Crippen LogP contribution < -0.4 is 11.2 Å². The Hall–Kier alpha value is -2.44. The molecule has 0 aromatic carbocycles. The third kappa shape index (κ3) is 3.18. The molecule has 2 aliphatic rings. The molecule has 2 saturated heterocycles. The van der Waals surface area contributed by atoms with Gasteiger partial charge in [0.25, 0.3) is 0 Å². The maximum atomic E-state index is 12.5. The minimum absolute atomic E-state index is 0. The highest BCUT2D eigenvalue weighted by molar-refractivity contribution is 6.16. The fraction of sp³-hybridized carbons (Fsp3) is 0.500. The van der Waals surface area contributed by atoms with Gasteiger partial charge in [-0.1, -0.05) is 6.92 Å². The number of hydrogen-bond donors (Lipinski definition) is 2. The average molecular weight is 316 g/mol. The van der Waals surface area contributed by atoms with Gasteiger partial charge in [-0.3, -0.25) is 10.3 Å². The van der Waals surface area contributed by atoms with Crippen LogP contribution in [0.3, 0.4) is 0 Å². The lowest BCUT2D eigenvalue weighted by Gasteiger charge is -2.54. The summed E-state index contributed by atoms with van der Waals surface area (Å²) >= 11 is 0. The van der Waals surface area contributed by atoms with Crippen molar-refractivity contribution in [3.63, 3.8) is 0 Å². The number of nitrogens with two attached hydrogens (primary N) is 1. The molecular formula is C16H24N6O. The number of carbonyl (C=O) groups is 1. The third-order valence-electron chi connectivity index (χ3n) is 4.59. The molecule has 2 bridgehead atoms. The van der Waals surface area contributed by atoms with Crippen LogP contribution in [0.5, 0.6) is 0 Å². The number of aromatic nitrogens is 1. The SMILES string of the molecule is Cc1cnc(NC(=O)N2C3CC(C)CC2C3)cc1N=C/C=N\N.[HH]. The van der Waals surface area contributed by atoms with Gasteiger partial charge in [0.05, 0.1) is 11.9 Å². The second kappa shape index (κ2) is 6.36. The van der Waals surface area contributed by atoms with Crippen molar-refractivity contribution >= 4 is 30.0 Å². The summed E-state index contributed by atoms with van der Waals surface area (Å²) in [6.07, 6.45) is 7.93. The number of hydrogen-bond acceptors (Lipinski definition) is 5. The van der Waals surface area contributed by atoms with Gasteiger partial charge < -0.3 is 10.7 Å². The zero-order valence-electron chi connectivity index (χ0n) is 13.4. The second-order valence-electron chi connectivity index (χ2n) is 6.39. The number of piperidine rings is 1. The van der Waals surface area contributed by atoms with Crippen LogP contribution in [0.25, 0.3) is 0 Å². The highest BCUT2D eigenvalue weighted by Crippen LogP contribution is 2.41. The van der Waals surface area contributed by atoms with E-state index in [1.807, 2.05) is 11.8 Å². The largest absolute Gasteiger partial charge is 0.323 e. The molecule has 0 radical (unpaired) electrons. The van der Waals surface area contributed by atoms with Gasteiger partial charge in [0.2, 0.25) is 0 Å². The molecular weight excluding hydrogens is 292 g/mol. The lowest BCUT2D eigenvalue weighted by atomic mass is 9.74. The number of amides is 2. The van der Waals surface area contributed by atoms with Gasteiger partial charge in [-0.25, -0.2) is 9.78 Å². The van der Waals surface area contributed by atoms with E-state index in [1.54, 1.807) is 12.3 Å². The quantitative estimate of drug-likeness (QED) is 0.510. The number of rotatable bonds is 3. The van der Waals surface area contributed by atoms with Crippen LogP contribution in [0, 0.1) is 12.8 Å². The summed E-state index contributed by atoms with van der Waals surface area (Å²) in [6, 6.07) is 2.46. The first-order chi connectivity index (χ1) is 11.1. The Kier molecular flexibility index (Phi) is 4.27. The molecule has 7 nitrogen and oxygen atoms in total. The number of urea groups is 1. The Morgan fingerprint density at radius 2 is 2.17 bits per heavy atom. The van der Waals surface area contributed by atoms with E-state index in [9.17, 15) is 4.79 Å². The van der Waals surface area contributed by atoms with Gasteiger partial charge in [0, 0.05) is 32.0 Å². The molecule has 1 aromatic rings. The topological polar surface area (TPSA) is 96.0 Å². The lowest BCUT2D eigenvalue weighted by Crippen LogP contribution is -2.63. The van der Waals surface area contributed by atoms with Gasteiger partial charge in [-0.2, -0.15) is 5.10 Å². The summed E-state index contributed by atoms with van der Waals surface area (Å²) in [4.78, 5) is 23.0. The Labute approximate surface area is 137 Å². The van der Waals surface area contributed by atoms with Crippen molar-refractivity contribution in [3.8, 4) is 0 Å². The Morgan fingerprint density at radius 1 is 1.43 bits per heavy atom. The summed E-state index contributed by atoms with van der Waals surface area (Å²) < 4.78 is 0. The minimum atomic E-state index is -0.0621. The highest BCUT2D eigenvalue weighted by atomic mass is 16.2. The van der Waals surface area contributed by atoms with E-state index < -0.39 is 0 Å². The molecule has 3 N–H and O–H groups in total. The summed E-state index contributed by atoms with van der Waals surface area (Å²) in [5.74, 6) is 6.26. The van der Waals surface area contributed by atoms with Crippen molar-refractivity contribution in [1.82, 2.24) is 9.88 Å². The van der Waals surface area contributed by atoms with Crippen molar-refractivity contribution in [1.29, 1.82) is 0 Å².